The molecule has 10 heteroatoms. The van der Waals surface area contributed by atoms with Gasteiger partial charge in [0, 0.05) is 17.1 Å². The van der Waals surface area contributed by atoms with E-state index in [1.807, 2.05) is 26.8 Å². The van der Waals surface area contributed by atoms with Gasteiger partial charge >= 0.3 is 0 Å². The Kier molecular flexibility index (Phi) is 9.19. The summed E-state index contributed by atoms with van der Waals surface area (Å²) in [5, 5.41) is 3.27. The minimum Gasteiger partial charge on any atom is -0.497 e. The minimum absolute atomic E-state index is 0.0842. The lowest BCUT2D eigenvalue weighted by Gasteiger charge is -2.33. The number of halogens is 1. The highest BCUT2D eigenvalue weighted by Crippen LogP contribution is 2.28. The molecule has 0 aromatic heterocycles. The van der Waals surface area contributed by atoms with Crippen molar-refractivity contribution in [2.45, 2.75) is 52.7 Å². The van der Waals surface area contributed by atoms with E-state index in [2.05, 4.69) is 5.32 Å². The molecule has 0 bridgehead atoms. The maximum atomic E-state index is 13.6. The van der Waals surface area contributed by atoms with Gasteiger partial charge in [-0.2, -0.15) is 0 Å². The number of amides is 2. The van der Waals surface area contributed by atoms with E-state index in [0.717, 1.165) is 16.1 Å². The summed E-state index contributed by atoms with van der Waals surface area (Å²) in [5.74, 6) is -0.276. The Hall–Kier alpha value is -2.78. The third-order valence-electron chi connectivity index (χ3n) is 5.34. The van der Waals surface area contributed by atoms with E-state index in [1.54, 1.807) is 57.4 Å². The van der Waals surface area contributed by atoms with Crippen molar-refractivity contribution in [2.24, 2.45) is 0 Å². The molecule has 0 radical (unpaired) electrons. The highest BCUT2D eigenvalue weighted by molar-refractivity contribution is 7.92. The van der Waals surface area contributed by atoms with Crippen LogP contribution in [0.25, 0.3) is 0 Å². The van der Waals surface area contributed by atoms with Crippen LogP contribution in [0.4, 0.5) is 5.69 Å². The van der Waals surface area contributed by atoms with Crippen LogP contribution in [-0.4, -0.2) is 56.6 Å². The average molecular weight is 524 g/mol. The van der Waals surface area contributed by atoms with Crippen LogP contribution in [0.5, 0.6) is 5.75 Å². The molecule has 0 saturated heterocycles. The number of hydrogen-bond acceptors (Lipinski definition) is 5. The number of benzene rings is 2. The van der Waals surface area contributed by atoms with Crippen LogP contribution >= 0.6 is 11.6 Å². The van der Waals surface area contributed by atoms with Crippen LogP contribution in [0, 0.1) is 6.92 Å². The molecule has 0 spiro atoms. The summed E-state index contributed by atoms with van der Waals surface area (Å²) in [6.45, 7) is 8.44. The molecule has 0 aliphatic heterocycles. The number of anilines is 1. The number of nitrogens with one attached hydrogen (secondary N) is 1. The summed E-state index contributed by atoms with van der Waals surface area (Å²) < 4.78 is 31.7. The normalized spacial score (nSPS) is 12.6. The Labute approximate surface area is 213 Å². The fourth-order valence-electron chi connectivity index (χ4n) is 3.49. The first kappa shape index (κ1) is 28.5. The molecule has 1 atom stereocenters. The van der Waals surface area contributed by atoms with Crippen molar-refractivity contribution in [3.05, 3.63) is 58.6 Å². The third kappa shape index (κ3) is 7.86. The summed E-state index contributed by atoms with van der Waals surface area (Å²) in [6, 6.07) is 11.1. The summed E-state index contributed by atoms with van der Waals surface area (Å²) in [4.78, 5) is 28.0. The number of carbonyl (C=O) groups is 2. The predicted molar refractivity (Wildman–Crippen MR) is 139 cm³/mol. The van der Waals surface area contributed by atoms with Gasteiger partial charge in [0.2, 0.25) is 21.8 Å². The second kappa shape index (κ2) is 11.3. The van der Waals surface area contributed by atoms with Crippen molar-refractivity contribution in [3.63, 3.8) is 0 Å². The SMILES string of the molecule is COc1cccc(CN(C(=O)CN(c2cccc(Cl)c2C)S(C)(=O)=O)C(C)C(=O)NC(C)(C)C)c1. The average Bonchev–Trinajstić information content (AvgIpc) is 2.75. The summed E-state index contributed by atoms with van der Waals surface area (Å²) in [5.41, 5.74) is 1.07. The molecule has 0 heterocycles. The molecule has 192 valence electrons. The number of rotatable bonds is 9. The van der Waals surface area contributed by atoms with Crippen LogP contribution in [0.2, 0.25) is 5.02 Å². The van der Waals surface area contributed by atoms with E-state index in [4.69, 9.17) is 16.3 Å². The Morgan fingerprint density at radius 1 is 1.14 bits per heavy atom. The van der Waals surface area contributed by atoms with Gasteiger partial charge in [0.05, 0.1) is 19.1 Å². The summed E-state index contributed by atoms with van der Waals surface area (Å²) in [7, 11) is -2.30. The standard InChI is InChI=1S/C25H34ClN3O5S/c1-17-21(26)12-9-13-22(17)29(35(7,32)33)16-23(30)28(18(2)24(31)27-25(3,4)5)15-19-10-8-11-20(14-19)34-6/h8-14,18H,15-16H2,1-7H3,(H,27,31). The predicted octanol–water partition coefficient (Wildman–Crippen LogP) is 3.76. The smallest absolute Gasteiger partial charge is 0.244 e. The van der Waals surface area contributed by atoms with Gasteiger partial charge in [-0.25, -0.2) is 8.42 Å². The van der Waals surface area contributed by atoms with Crippen molar-refractivity contribution < 1.29 is 22.7 Å². The van der Waals surface area contributed by atoms with Gasteiger partial charge in [0.15, 0.2) is 0 Å². The minimum atomic E-state index is -3.84. The molecule has 0 aliphatic carbocycles. The Morgan fingerprint density at radius 2 is 1.77 bits per heavy atom. The lowest BCUT2D eigenvalue weighted by molar-refractivity contribution is -0.140. The molecule has 8 nitrogen and oxygen atoms in total. The van der Waals surface area contributed by atoms with E-state index in [0.29, 0.717) is 22.0 Å². The molecular formula is C25H34ClN3O5S. The van der Waals surface area contributed by atoms with Crippen molar-refractivity contribution in [3.8, 4) is 5.75 Å². The van der Waals surface area contributed by atoms with E-state index in [-0.39, 0.29) is 12.5 Å². The Morgan fingerprint density at radius 3 is 2.34 bits per heavy atom. The molecule has 0 saturated carbocycles. The molecule has 2 aromatic carbocycles. The number of methoxy groups -OCH3 is 1. The van der Waals surface area contributed by atoms with Gasteiger partial charge in [-0.1, -0.05) is 29.8 Å². The fourth-order valence-corrected chi connectivity index (χ4v) is 4.55. The first-order valence-corrected chi connectivity index (χ1v) is 13.3. The first-order valence-electron chi connectivity index (χ1n) is 11.1. The molecule has 1 unspecified atom stereocenters. The second-order valence-electron chi connectivity index (χ2n) is 9.44. The summed E-state index contributed by atoms with van der Waals surface area (Å²) in [6.07, 6.45) is 1.03. The van der Waals surface area contributed by atoms with Crippen LogP contribution in [-0.2, 0) is 26.2 Å². The van der Waals surface area contributed by atoms with E-state index in [9.17, 15) is 18.0 Å². The summed E-state index contributed by atoms with van der Waals surface area (Å²) >= 11 is 6.21. The molecule has 1 N–H and O–H groups in total. The lowest BCUT2D eigenvalue weighted by Crippen LogP contribution is -2.54. The number of ether oxygens (including phenoxy) is 1. The van der Waals surface area contributed by atoms with Crippen LogP contribution in [0.1, 0.15) is 38.8 Å². The maximum Gasteiger partial charge on any atom is 0.244 e. The molecular weight excluding hydrogens is 490 g/mol. The first-order chi connectivity index (χ1) is 16.1. The van der Waals surface area contributed by atoms with Gasteiger partial charge in [0.25, 0.3) is 0 Å². The molecule has 2 rings (SSSR count). The van der Waals surface area contributed by atoms with Gasteiger partial charge in [0.1, 0.15) is 18.3 Å². The van der Waals surface area contributed by atoms with Crippen molar-refractivity contribution >= 4 is 39.1 Å². The zero-order valence-electron chi connectivity index (χ0n) is 21.3. The van der Waals surface area contributed by atoms with Gasteiger partial charge < -0.3 is 15.0 Å². The molecule has 0 aliphatic rings. The molecule has 35 heavy (non-hydrogen) atoms. The molecule has 0 fully saturated rings. The zero-order chi connectivity index (χ0) is 26.6. The monoisotopic (exact) mass is 523 g/mol. The van der Waals surface area contributed by atoms with Crippen LogP contribution in [0.3, 0.4) is 0 Å². The van der Waals surface area contributed by atoms with Crippen molar-refractivity contribution in [1.29, 1.82) is 0 Å². The fraction of sp³-hybridized carbons (Fsp3) is 0.440. The number of sulfonamides is 1. The highest BCUT2D eigenvalue weighted by atomic mass is 35.5. The van der Waals surface area contributed by atoms with Crippen molar-refractivity contribution in [1.82, 2.24) is 10.2 Å². The maximum absolute atomic E-state index is 13.6. The lowest BCUT2D eigenvalue weighted by atomic mass is 10.1. The van der Waals surface area contributed by atoms with Crippen LogP contribution in [0.15, 0.2) is 42.5 Å². The van der Waals surface area contributed by atoms with E-state index < -0.39 is 34.1 Å². The number of hydrogen-bond donors (Lipinski definition) is 1. The second-order valence-corrected chi connectivity index (χ2v) is 11.8. The zero-order valence-corrected chi connectivity index (χ0v) is 22.8. The topological polar surface area (TPSA) is 96.0 Å². The largest absolute Gasteiger partial charge is 0.497 e. The van der Waals surface area contributed by atoms with Gasteiger partial charge in [-0.15, -0.1) is 0 Å². The van der Waals surface area contributed by atoms with Crippen molar-refractivity contribution in [2.75, 3.05) is 24.2 Å². The van der Waals surface area contributed by atoms with E-state index >= 15 is 0 Å². The van der Waals surface area contributed by atoms with Crippen LogP contribution < -0.4 is 14.4 Å². The quantitative estimate of drug-likeness (QED) is 0.540. The number of carbonyl (C=O) groups excluding carboxylic acids is 2. The Bertz CT molecular complexity index is 1180. The van der Waals surface area contributed by atoms with E-state index in [1.165, 1.54) is 4.90 Å². The highest BCUT2D eigenvalue weighted by Gasteiger charge is 2.32. The molecule has 2 amide bonds. The van der Waals surface area contributed by atoms with Gasteiger partial charge in [-0.05, 0) is 70.0 Å². The molecule has 2 aromatic rings. The van der Waals surface area contributed by atoms with Gasteiger partial charge in [-0.3, -0.25) is 13.9 Å². The third-order valence-corrected chi connectivity index (χ3v) is 6.88. The number of nitrogens with zero attached hydrogens (tertiary/aromatic N) is 2. The Balaban J connectivity index is 2.47.